The third-order valence-corrected chi connectivity index (χ3v) is 4.42. The summed E-state index contributed by atoms with van der Waals surface area (Å²) in [7, 11) is 0. The molecule has 24 heavy (non-hydrogen) atoms. The first-order valence-electron chi connectivity index (χ1n) is 8.66. The Hall–Kier alpha value is -2.49. The summed E-state index contributed by atoms with van der Waals surface area (Å²) in [6, 6.07) is 16.1. The number of amides is 2. The van der Waals surface area contributed by atoms with E-state index in [0.29, 0.717) is 6.54 Å². The Labute approximate surface area is 143 Å². The molecule has 0 bridgehead atoms. The van der Waals surface area contributed by atoms with Crippen molar-refractivity contribution in [3.63, 3.8) is 0 Å². The van der Waals surface area contributed by atoms with Gasteiger partial charge in [-0.15, -0.1) is 0 Å². The zero-order valence-electron chi connectivity index (χ0n) is 14.2. The summed E-state index contributed by atoms with van der Waals surface area (Å²) >= 11 is 0. The Morgan fingerprint density at radius 1 is 0.958 bits per heavy atom. The van der Waals surface area contributed by atoms with Gasteiger partial charge in [0.15, 0.2) is 0 Å². The maximum atomic E-state index is 12.0. The van der Waals surface area contributed by atoms with Gasteiger partial charge >= 0.3 is 6.03 Å². The molecule has 4 heteroatoms. The molecule has 1 saturated heterocycles. The third-order valence-electron chi connectivity index (χ3n) is 4.42. The molecule has 0 radical (unpaired) electrons. The Kier molecular flexibility index (Phi) is 5.36. The van der Waals surface area contributed by atoms with Crippen LogP contribution in [0.2, 0.25) is 0 Å². The number of anilines is 2. The molecular formula is C20H25N3O. The van der Waals surface area contributed by atoms with Crippen LogP contribution in [0, 0.1) is 6.92 Å². The van der Waals surface area contributed by atoms with Crippen LogP contribution in [0.4, 0.5) is 16.2 Å². The van der Waals surface area contributed by atoms with Crippen LogP contribution in [0.25, 0.3) is 0 Å². The number of nitrogens with zero attached hydrogens (tertiary/aromatic N) is 1. The van der Waals surface area contributed by atoms with Crippen LogP contribution in [0.3, 0.4) is 0 Å². The number of carbonyl (C=O) groups excluding carboxylic acids is 1. The summed E-state index contributed by atoms with van der Waals surface area (Å²) in [6.07, 6.45) is 3.86. The van der Waals surface area contributed by atoms with Crippen molar-refractivity contribution in [2.75, 3.05) is 23.3 Å². The van der Waals surface area contributed by atoms with Gasteiger partial charge in [0.25, 0.3) is 0 Å². The van der Waals surface area contributed by atoms with Gasteiger partial charge in [-0.2, -0.15) is 0 Å². The van der Waals surface area contributed by atoms with E-state index in [1.165, 1.54) is 30.5 Å². The Balaban J connectivity index is 1.49. The number of rotatable bonds is 4. The molecule has 2 amide bonds. The number of urea groups is 1. The van der Waals surface area contributed by atoms with Gasteiger partial charge < -0.3 is 15.5 Å². The van der Waals surface area contributed by atoms with Gasteiger partial charge in [0.05, 0.1) is 0 Å². The minimum Gasteiger partial charge on any atom is -0.372 e. The summed E-state index contributed by atoms with van der Waals surface area (Å²) in [5, 5.41) is 5.77. The number of hydrogen-bond acceptors (Lipinski definition) is 2. The molecule has 0 spiro atoms. The summed E-state index contributed by atoms with van der Waals surface area (Å²) < 4.78 is 0. The van der Waals surface area contributed by atoms with Gasteiger partial charge in [0, 0.05) is 31.0 Å². The van der Waals surface area contributed by atoms with Gasteiger partial charge in [0.1, 0.15) is 0 Å². The molecule has 0 aromatic heterocycles. The number of hydrogen-bond donors (Lipinski definition) is 2. The van der Waals surface area contributed by atoms with E-state index in [0.717, 1.165) is 24.3 Å². The van der Waals surface area contributed by atoms with Crippen molar-refractivity contribution < 1.29 is 4.79 Å². The second kappa shape index (κ2) is 7.86. The van der Waals surface area contributed by atoms with Crippen molar-refractivity contribution in [1.82, 2.24) is 5.32 Å². The van der Waals surface area contributed by atoms with E-state index in [1.54, 1.807) is 0 Å². The van der Waals surface area contributed by atoms with Crippen LogP contribution >= 0.6 is 0 Å². The maximum absolute atomic E-state index is 12.0. The van der Waals surface area contributed by atoms with Crippen LogP contribution in [0.1, 0.15) is 30.4 Å². The van der Waals surface area contributed by atoms with Crippen molar-refractivity contribution in [3.05, 3.63) is 59.7 Å². The number of nitrogens with one attached hydrogen (secondary N) is 2. The molecule has 126 valence electrons. The minimum atomic E-state index is -0.179. The van der Waals surface area contributed by atoms with Crippen molar-refractivity contribution >= 4 is 17.4 Å². The fourth-order valence-electron chi connectivity index (χ4n) is 2.97. The lowest BCUT2D eigenvalue weighted by Crippen LogP contribution is -2.29. The van der Waals surface area contributed by atoms with Crippen LogP contribution in [-0.2, 0) is 6.54 Å². The van der Waals surface area contributed by atoms with Crippen molar-refractivity contribution in [1.29, 1.82) is 0 Å². The van der Waals surface area contributed by atoms with Gasteiger partial charge in [-0.05, 0) is 56.0 Å². The second-order valence-electron chi connectivity index (χ2n) is 6.39. The molecule has 2 N–H and O–H groups in total. The van der Waals surface area contributed by atoms with Crippen molar-refractivity contribution in [2.45, 2.75) is 32.7 Å². The molecule has 1 fully saturated rings. The highest BCUT2D eigenvalue weighted by molar-refractivity contribution is 5.89. The van der Waals surface area contributed by atoms with E-state index in [-0.39, 0.29) is 6.03 Å². The smallest absolute Gasteiger partial charge is 0.319 e. The van der Waals surface area contributed by atoms with E-state index < -0.39 is 0 Å². The van der Waals surface area contributed by atoms with E-state index in [1.807, 2.05) is 36.4 Å². The largest absolute Gasteiger partial charge is 0.372 e. The summed E-state index contributed by atoms with van der Waals surface area (Å²) in [5.41, 5.74) is 4.37. The Morgan fingerprint density at radius 2 is 1.62 bits per heavy atom. The first-order valence-corrected chi connectivity index (χ1v) is 8.66. The summed E-state index contributed by atoms with van der Waals surface area (Å²) in [6.45, 7) is 4.84. The predicted octanol–water partition coefficient (Wildman–Crippen LogP) is 4.31. The predicted molar refractivity (Wildman–Crippen MR) is 99.5 cm³/mol. The Morgan fingerprint density at radius 3 is 2.29 bits per heavy atom. The lowest BCUT2D eigenvalue weighted by atomic mass is 10.1. The molecule has 1 heterocycles. The van der Waals surface area contributed by atoms with E-state index in [4.69, 9.17) is 0 Å². The summed E-state index contributed by atoms with van der Waals surface area (Å²) in [5.74, 6) is 0. The van der Waals surface area contributed by atoms with Crippen molar-refractivity contribution in [2.24, 2.45) is 0 Å². The van der Waals surface area contributed by atoms with Crippen LogP contribution < -0.4 is 15.5 Å². The molecule has 0 atom stereocenters. The average Bonchev–Trinajstić information content (AvgIpc) is 2.63. The minimum absolute atomic E-state index is 0.179. The standard InChI is InChI=1S/C20H25N3O/c1-16-5-7-17(8-6-16)15-21-20(24)22-18-9-11-19(12-10-18)23-13-3-2-4-14-23/h5-12H,2-4,13-15H2,1H3,(H2,21,22,24). The van der Waals surface area contributed by atoms with Gasteiger partial charge in [0.2, 0.25) is 0 Å². The zero-order chi connectivity index (χ0) is 16.8. The monoisotopic (exact) mass is 323 g/mol. The lowest BCUT2D eigenvalue weighted by Gasteiger charge is -2.28. The van der Waals surface area contributed by atoms with E-state index >= 15 is 0 Å². The average molecular weight is 323 g/mol. The first-order chi connectivity index (χ1) is 11.7. The number of piperidine rings is 1. The van der Waals surface area contributed by atoms with E-state index in [9.17, 15) is 4.79 Å². The molecule has 0 saturated carbocycles. The van der Waals surface area contributed by atoms with Crippen LogP contribution in [0.15, 0.2) is 48.5 Å². The first kappa shape index (κ1) is 16.4. The number of aryl methyl sites for hydroxylation is 1. The molecule has 3 rings (SSSR count). The Bertz CT molecular complexity index is 658. The highest BCUT2D eigenvalue weighted by Crippen LogP contribution is 2.21. The maximum Gasteiger partial charge on any atom is 0.319 e. The van der Waals surface area contributed by atoms with E-state index in [2.05, 4.69) is 34.6 Å². The van der Waals surface area contributed by atoms with Crippen LogP contribution in [-0.4, -0.2) is 19.1 Å². The molecular weight excluding hydrogens is 298 g/mol. The second-order valence-corrected chi connectivity index (χ2v) is 6.39. The topological polar surface area (TPSA) is 44.4 Å². The molecule has 1 aliphatic heterocycles. The van der Waals surface area contributed by atoms with Gasteiger partial charge in [-0.1, -0.05) is 29.8 Å². The van der Waals surface area contributed by atoms with Crippen molar-refractivity contribution in [3.8, 4) is 0 Å². The highest BCUT2D eigenvalue weighted by atomic mass is 16.2. The van der Waals surface area contributed by atoms with Gasteiger partial charge in [-0.25, -0.2) is 4.79 Å². The zero-order valence-corrected chi connectivity index (χ0v) is 14.2. The third kappa shape index (κ3) is 4.51. The fraction of sp³-hybridized carbons (Fsp3) is 0.350. The van der Waals surface area contributed by atoms with Crippen LogP contribution in [0.5, 0.6) is 0 Å². The molecule has 2 aromatic carbocycles. The summed E-state index contributed by atoms with van der Waals surface area (Å²) in [4.78, 5) is 14.4. The molecule has 4 nitrogen and oxygen atoms in total. The highest BCUT2D eigenvalue weighted by Gasteiger charge is 2.10. The molecule has 0 aliphatic carbocycles. The normalized spacial score (nSPS) is 14.3. The quantitative estimate of drug-likeness (QED) is 0.881. The lowest BCUT2D eigenvalue weighted by molar-refractivity contribution is 0.251. The van der Waals surface area contributed by atoms with Gasteiger partial charge in [-0.3, -0.25) is 0 Å². The molecule has 2 aromatic rings. The fourth-order valence-corrected chi connectivity index (χ4v) is 2.97. The number of benzene rings is 2. The number of carbonyl (C=O) groups is 1. The SMILES string of the molecule is Cc1ccc(CNC(=O)Nc2ccc(N3CCCCC3)cc2)cc1. The molecule has 0 unspecified atom stereocenters. The molecule has 1 aliphatic rings.